The van der Waals surface area contributed by atoms with E-state index in [0.29, 0.717) is 0 Å². The molecule has 0 unspecified atom stereocenters. The summed E-state index contributed by atoms with van der Waals surface area (Å²) in [5, 5.41) is 10.8. The van der Waals surface area contributed by atoms with Crippen LogP contribution in [-0.2, 0) is 4.74 Å². The fourth-order valence-electron chi connectivity index (χ4n) is 1.30. The number of alkyl halides is 2. The van der Waals surface area contributed by atoms with Crippen LogP contribution < -0.4 is 4.74 Å². The molecule has 0 atom stereocenters. The first-order valence-corrected chi connectivity index (χ1v) is 4.51. The van der Waals surface area contributed by atoms with E-state index in [0.717, 1.165) is 20.4 Å². The molecule has 0 aliphatic rings. The Hall–Kier alpha value is -2.32. The third-order valence-corrected chi connectivity index (χ3v) is 2.05. The van der Waals surface area contributed by atoms with Gasteiger partial charge < -0.3 is 9.47 Å². The Kier molecular flexibility index (Phi) is 4.08. The molecule has 0 bridgehead atoms. The predicted octanol–water partition coefficient (Wildman–Crippen LogP) is 1.72. The van der Waals surface area contributed by atoms with Gasteiger partial charge in [-0.05, 0) is 0 Å². The van der Waals surface area contributed by atoms with E-state index in [1.165, 1.54) is 0 Å². The number of carbonyl (C=O) groups is 1. The van der Waals surface area contributed by atoms with Crippen LogP contribution in [0.4, 0.5) is 14.5 Å². The summed E-state index contributed by atoms with van der Waals surface area (Å²) in [4.78, 5) is 24.5. The molecule has 0 saturated heterocycles. The first-order chi connectivity index (χ1) is 8.43. The summed E-state index contributed by atoms with van der Waals surface area (Å²) in [7, 11) is 2.01. The van der Waals surface area contributed by atoms with Gasteiger partial charge in [0.2, 0.25) is 5.75 Å². The van der Waals surface area contributed by atoms with Crippen LogP contribution in [-0.4, -0.2) is 30.1 Å². The van der Waals surface area contributed by atoms with E-state index in [2.05, 4.69) is 14.5 Å². The standard InChI is InChI=1S/C9H8F2N2O5/c1-17-4-3-12-6(8(10)11)5(9(14)18-2)7(4)13(15)16/h3,8H,1-2H3. The van der Waals surface area contributed by atoms with Gasteiger partial charge >= 0.3 is 11.7 Å². The normalized spacial score (nSPS) is 10.3. The minimum Gasteiger partial charge on any atom is -0.489 e. The van der Waals surface area contributed by atoms with Crippen LogP contribution in [0.15, 0.2) is 6.20 Å². The molecule has 0 aliphatic carbocycles. The number of esters is 1. The molecule has 1 heterocycles. The van der Waals surface area contributed by atoms with Gasteiger partial charge in [-0.3, -0.25) is 10.1 Å². The monoisotopic (exact) mass is 262 g/mol. The molecule has 1 aromatic rings. The minimum atomic E-state index is -3.15. The Labute approximate surface area is 99.5 Å². The highest BCUT2D eigenvalue weighted by atomic mass is 19.3. The van der Waals surface area contributed by atoms with Crippen molar-refractivity contribution in [2.45, 2.75) is 6.43 Å². The second-order valence-electron chi connectivity index (χ2n) is 2.98. The van der Waals surface area contributed by atoms with Crippen molar-refractivity contribution in [1.82, 2.24) is 4.98 Å². The maximum Gasteiger partial charge on any atom is 0.347 e. The number of hydrogen-bond donors (Lipinski definition) is 0. The Morgan fingerprint density at radius 3 is 2.50 bits per heavy atom. The predicted molar refractivity (Wildman–Crippen MR) is 53.7 cm³/mol. The highest BCUT2D eigenvalue weighted by molar-refractivity contribution is 5.96. The number of nitro groups is 1. The number of methoxy groups -OCH3 is 2. The molecule has 18 heavy (non-hydrogen) atoms. The molecule has 0 spiro atoms. The zero-order valence-electron chi connectivity index (χ0n) is 9.35. The van der Waals surface area contributed by atoms with Gasteiger partial charge in [-0.1, -0.05) is 0 Å². The summed E-state index contributed by atoms with van der Waals surface area (Å²) < 4.78 is 34.2. The number of nitrogens with zero attached hydrogens (tertiary/aromatic N) is 2. The average molecular weight is 262 g/mol. The van der Waals surface area contributed by atoms with Gasteiger partial charge in [-0.2, -0.15) is 0 Å². The molecular formula is C9H8F2N2O5. The number of ether oxygens (including phenoxy) is 2. The van der Waals surface area contributed by atoms with Crippen molar-refractivity contribution in [3.05, 3.63) is 27.6 Å². The van der Waals surface area contributed by atoms with E-state index >= 15 is 0 Å². The Morgan fingerprint density at radius 2 is 2.11 bits per heavy atom. The lowest BCUT2D eigenvalue weighted by Gasteiger charge is -2.09. The highest BCUT2D eigenvalue weighted by Crippen LogP contribution is 2.35. The van der Waals surface area contributed by atoms with E-state index in [4.69, 9.17) is 0 Å². The molecule has 0 aromatic carbocycles. The fraction of sp³-hybridized carbons (Fsp3) is 0.333. The van der Waals surface area contributed by atoms with Gasteiger partial charge in [0.05, 0.1) is 25.3 Å². The zero-order valence-corrected chi connectivity index (χ0v) is 9.35. The van der Waals surface area contributed by atoms with E-state index in [-0.39, 0.29) is 0 Å². The van der Waals surface area contributed by atoms with Gasteiger partial charge in [0.1, 0.15) is 5.69 Å². The average Bonchev–Trinajstić information content (AvgIpc) is 2.35. The molecule has 1 aromatic heterocycles. The maximum absolute atomic E-state index is 12.7. The number of pyridine rings is 1. The van der Waals surface area contributed by atoms with E-state index in [1.54, 1.807) is 0 Å². The molecule has 9 heteroatoms. The van der Waals surface area contributed by atoms with Crippen molar-refractivity contribution < 1.29 is 28.0 Å². The van der Waals surface area contributed by atoms with Crippen LogP contribution in [0.1, 0.15) is 22.5 Å². The molecule has 0 radical (unpaired) electrons. The summed E-state index contributed by atoms with van der Waals surface area (Å²) in [6.45, 7) is 0. The number of halogens is 2. The lowest BCUT2D eigenvalue weighted by atomic mass is 10.1. The summed E-state index contributed by atoms with van der Waals surface area (Å²) >= 11 is 0. The van der Waals surface area contributed by atoms with Gasteiger partial charge in [-0.15, -0.1) is 0 Å². The highest BCUT2D eigenvalue weighted by Gasteiger charge is 2.34. The minimum absolute atomic E-state index is 0.398. The van der Waals surface area contributed by atoms with Crippen LogP contribution in [0, 0.1) is 10.1 Å². The Morgan fingerprint density at radius 1 is 1.50 bits per heavy atom. The van der Waals surface area contributed by atoms with E-state index in [1.807, 2.05) is 0 Å². The third kappa shape index (κ3) is 2.34. The third-order valence-electron chi connectivity index (χ3n) is 2.05. The van der Waals surface area contributed by atoms with Crippen molar-refractivity contribution in [3.8, 4) is 5.75 Å². The molecule has 0 aliphatic heterocycles. The van der Waals surface area contributed by atoms with E-state index in [9.17, 15) is 23.7 Å². The van der Waals surface area contributed by atoms with Gasteiger partial charge in [0.25, 0.3) is 6.43 Å². The van der Waals surface area contributed by atoms with Gasteiger partial charge in [-0.25, -0.2) is 18.6 Å². The van der Waals surface area contributed by atoms with Crippen molar-refractivity contribution in [1.29, 1.82) is 0 Å². The molecule has 0 saturated carbocycles. The number of aromatic nitrogens is 1. The zero-order chi connectivity index (χ0) is 13.9. The Balaban J connectivity index is 3.65. The number of hydrogen-bond acceptors (Lipinski definition) is 6. The van der Waals surface area contributed by atoms with Crippen LogP contribution in [0.5, 0.6) is 5.75 Å². The molecule has 98 valence electrons. The Bertz CT molecular complexity index is 492. The smallest absolute Gasteiger partial charge is 0.347 e. The second-order valence-corrected chi connectivity index (χ2v) is 2.98. The first kappa shape index (κ1) is 13.7. The SMILES string of the molecule is COC(=O)c1c(C(F)F)ncc(OC)c1[N+](=O)[O-]. The van der Waals surface area contributed by atoms with Crippen LogP contribution >= 0.6 is 0 Å². The summed E-state index contributed by atoms with van der Waals surface area (Å²) in [6, 6.07) is 0. The maximum atomic E-state index is 12.7. The van der Waals surface area contributed by atoms with Crippen LogP contribution in [0.3, 0.4) is 0 Å². The quantitative estimate of drug-likeness (QED) is 0.466. The summed E-state index contributed by atoms with van der Waals surface area (Å²) in [5.41, 5.74) is -2.82. The molecule has 0 N–H and O–H groups in total. The lowest BCUT2D eigenvalue weighted by molar-refractivity contribution is -0.386. The number of carbonyl (C=O) groups excluding carboxylic acids is 1. The van der Waals surface area contributed by atoms with Crippen LogP contribution in [0.25, 0.3) is 0 Å². The van der Waals surface area contributed by atoms with E-state index < -0.39 is 40.0 Å². The largest absolute Gasteiger partial charge is 0.489 e. The molecular weight excluding hydrogens is 254 g/mol. The van der Waals surface area contributed by atoms with Crippen molar-refractivity contribution in [3.63, 3.8) is 0 Å². The summed E-state index contributed by atoms with van der Waals surface area (Å²) in [6.07, 6.45) is -2.39. The van der Waals surface area contributed by atoms with Gasteiger partial charge in [0, 0.05) is 0 Å². The molecule has 1 rings (SSSR count). The fourth-order valence-corrected chi connectivity index (χ4v) is 1.30. The number of rotatable bonds is 4. The van der Waals surface area contributed by atoms with Gasteiger partial charge in [0.15, 0.2) is 5.56 Å². The summed E-state index contributed by atoms with van der Waals surface area (Å²) in [5.74, 6) is -1.67. The topological polar surface area (TPSA) is 91.6 Å². The lowest BCUT2D eigenvalue weighted by Crippen LogP contribution is -2.12. The molecule has 7 nitrogen and oxygen atoms in total. The van der Waals surface area contributed by atoms with Crippen molar-refractivity contribution >= 4 is 11.7 Å². The van der Waals surface area contributed by atoms with Crippen molar-refractivity contribution in [2.75, 3.05) is 14.2 Å². The van der Waals surface area contributed by atoms with Crippen LogP contribution in [0.2, 0.25) is 0 Å². The molecule has 0 amide bonds. The van der Waals surface area contributed by atoms with Crippen molar-refractivity contribution in [2.24, 2.45) is 0 Å². The second kappa shape index (κ2) is 5.34. The first-order valence-electron chi connectivity index (χ1n) is 4.51. The molecule has 0 fully saturated rings.